The third-order valence-corrected chi connectivity index (χ3v) is 4.37. The number of aliphatic hydroxyl groups excluding tert-OH is 1. The van der Waals surface area contributed by atoms with Gasteiger partial charge in [0.2, 0.25) is 11.8 Å². The Labute approximate surface area is 135 Å². The van der Waals surface area contributed by atoms with Gasteiger partial charge >= 0.3 is 0 Å². The summed E-state index contributed by atoms with van der Waals surface area (Å²) in [6, 6.07) is 9.57. The third kappa shape index (κ3) is 4.20. The molecule has 0 spiro atoms. The first-order valence-corrected chi connectivity index (χ1v) is 8.17. The monoisotopic (exact) mass is 314 g/mol. The lowest BCUT2D eigenvalue weighted by atomic mass is 10.0. The highest BCUT2D eigenvalue weighted by Gasteiger charge is 2.23. The number of amides is 1. The number of benzene rings is 1. The highest BCUT2D eigenvalue weighted by atomic mass is 16.3. The predicted octanol–water partition coefficient (Wildman–Crippen LogP) is 2.55. The van der Waals surface area contributed by atoms with E-state index in [0.717, 1.165) is 18.4 Å². The molecule has 1 fully saturated rings. The molecule has 3 rings (SSSR count). The van der Waals surface area contributed by atoms with Crippen LogP contribution in [0.3, 0.4) is 0 Å². The zero-order valence-electron chi connectivity index (χ0n) is 13.1. The summed E-state index contributed by atoms with van der Waals surface area (Å²) in [5.41, 5.74) is 1.48. The zero-order valence-corrected chi connectivity index (χ0v) is 13.1. The van der Waals surface area contributed by atoms with Crippen molar-refractivity contribution in [1.29, 1.82) is 0 Å². The minimum absolute atomic E-state index is 0.144. The predicted molar refractivity (Wildman–Crippen MR) is 86.6 cm³/mol. The van der Waals surface area contributed by atoms with Gasteiger partial charge in [-0.1, -0.05) is 31.0 Å². The molecule has 1 unspecified atom stereocenters. The maximum atomic E-state index is 12.0. The second kappa shape index (κ2) is 7.42. The number of carbonyl (C=O) groups is 1. The van der Waals surface area contributed by atoms with Gasteiger partial charge in [-0.05, 0) is 30.9 Å². The van der Waals surface area contributed by atoms with Crippen molar-refractivity contribution in [3.8, 4) is 11.5 Å². The normalized spacial score (nSPS) is 16.4. The fraction of sp³-hybridized carbons (Fsp3) is 0.444. The average molecular weight is 314 g/mol. The average Bonchev–Trinajstić information content (AvgIpc) is 3.25. The molecule has 1 saturated carbocycles. The smallest absolute Gasteiger partial charge is 0.226 e. The molecular formula is C18H22N2O3. The molecule has 1 heterocycles. The molecule has 1 amide bonds. The first-order chi connectivity index (χ1) is 11.2. The van der Waals surface area contributed by atoms with Gasteiger partial charge in [0, 0.05) is 12.1 Å². The summed E-state index contributed by atoms with van der Waals surface area (Å²) in [7, 11) is 0. The fourth-order valence-electron chi connectivity index (χ4n) is 3.06. The molecule has 5 heteroatoms. The molecule has 2 N–H and O–H groups in total. The number of nitrogens with zero attached hydrogens (tertiary/aromatic N) is 1. The Balaban J connectivity index is 1.49. The Morgan fingerprint density at radius 2 is 2.04 bits per heavy atom. The van der Waals surface area contributed by atoms with Gasteiger partial charge < -0.3 is 14.8 Å². The standard InChI is InChI=1S/C18H22N2O3/c21-16(13-6-4-5-7-13)11-19-17(22)10-15-12-23-18(20-15)14-8-2-1-3-9-14/h1-3,8-9,12-13,16,21H,4-7,10-11H2,(H,19,22). The molecule has 0 aliphatic heterocycles. The molecule has 0 radical (unpaired) electrons. The summed E-state index contributed by atoms with van der Waals surface area (Å²) < 4.78 is 5.42. The molecule has 23 heavy (non-hydrogen) atoms. The van der Waals surface area contributed by atoms with Crippen LogP contribution in [-0.4, -0.2) is 28.6 Å². The molecule has 0 bridgehead atoms. The molecule has 0 saturated heterocycles. The highest BCUT2D eigenvalue weighted by molar-refractivity contribution is 5.78. The number of aliphatic hydroxyl groups is 1. The number of oxazole rings is 1. The Bertz CT molecular complexity index is 633. The van der Waals surface area contributed by atoms with Gasteiger partial charge in [0.05, 0.1) is 18.2 Å². The maximum absolute atomic E-state index is 12.0. The number of hydrogen-bond donors (Lipinski definition) is 2. The van der Waals surface area contributed by atoms with E-state index < -0.39 is 6.10 Å². The molecule has 1 atom stereocenters. The first kappa shape index (κ1) is 15.7. The SMILES string of the molecule is O=C(Cc1coc(-c2ccccc2)n1)NCC(O)C1CCCC1. The van der Waals surface area contributed by atoms with Crippen LogP contribution in [0.2, 0.25) is 0 Å². The minimum Gasteiger partial charge on any atom is -0.444 e. The lowest BCUT2D eigenvalue weighted by Gasteiger charge is -2.17. The summed E-state index contributed by atoms with van der Waals surface area (Å²) in [6.45, 7) is 0.312. The van der Waals surface area contributed by atoms with E-state index in [2.05, 4.69) is 10.3 Å². The Morgan fingerprint density at radius 3 is 2.78 bits per heavy atom. The van der Waals surface area contributed by atoms with Crippen LogP contribution in [-0.2, 0) is 11.2 Å². The number of hydrogen-bond acceptors (Lipinski definition) is 4. The molecular weight excluding hydrogens is 292 g/mol. The summed E-state index contributed by atoms with van der Waals surface area (Å²) in [4.78, 5) is 16.3. The van der Waals surface area contributed by atoms with Crippen LogP contribution in [0.1, 0.15) is 31.4 Å². The van der Waals surface area contributed by atoms with Gasteiger partial charge in [0.25, 0.3) is 0 Å². The van der Waals surface area contributed by atoms with Gasteiger partial charge in [-0.2, -0.15) is 0 Å². The molecule has 1 aliphatic carbocycles. The van der Waals surface area contributed by atoms with Crippen LogP contribution in [0.4, 0.5) is 0 Å². The molecule has 122 valence electrons. The second-order valence-electron chi connectivity index (χ2n) is 6.10. The molecule has 2 aromatic rings. The molecule has 1 aromatic carbocycles. The van der Waals surface area contributed by atoms with Gasteiger partial charge in [-0.15, -0.1) is 0 Å². The number of rotatable bonds is 6. The van der Waals surface area contributed by atoms with Crippen LogP contribution in [0.15, 0.2) is 41.0 Å². The Kier molecular flexibility index (Phi) is 5.08. The molecule has 1 aromatic heterocycles. The fourth-order valence-corrected chi connectivity index (χ4v) is 3.06. The van der Waals surface area contributed by atoms with Crippen LogP contribution in [0.5, 0.6) is 0 Å². The van der Waals surface area contributed by atoms with E-state index in [1.165, 1.54) is 19.1 Å². The zero-order chi connectivity index (χ0) is 16.1. The van der Waals surface area contributed by atoms with E-state index >= 15 is 0 Å². The van der Waals surface area contributed by atoms with E-state index in [4.69, 9.17) is 4.42 Å². The lowest BCUT2D eigenvalue weighted by Crippen LogP contribution is -2.36. The summed E-state index contributed by atoms with van der Waals surface area (Å²) in [6.07, 6.45) is 5.69. The topological polar surface area (TPSA) is 75.4 Å². The van der Waals surface area contributed by atoms with Gasteiger partial charge in [-0.3, -0.25) is 4.79 Å². The van der Waals surface area contributed by atoms with Crippen molar-refractivity contribution in [3.05, 3.63) is 42.3 Å². The quantitative estimate of drug-likeness (QED) is 0.859. The van der Waals surface area contributed by atoms with Crippen molar-refractivity contribution in [2.24, 2.45) is 5.92 Å². The van der Waals surface area contributed by atoms with Crippen molar-refractivity contribution in [3.63, 3.8) is 0 Å². The lowest BCUT2D eigenvalue weighted by molar-refractivity contribution is -0.121. The Hall–Kier alpha value is -2.14. The van der Waals surface area contributed by atoms with Crippen molar-refractivity contribution in [1.82, 2.24) is 10.3 Å². The van der Waals surface area contributed by atoms with Crippen molar-refractivity contribution < 1.29 is 14.3 Å². The highest BCUT2D eigenvalue weighted by Crippen LogP contribution is 2.27. The van der Waals surface area contributed by atoms with Crippen LogP contribution in [0, 0.1) is 5.92 Å². The largest absolute Gasteiger partial charge is 0.444 e. The van der Waals surface area contributed by atoms with Gasteiger partial charge in [0.1, 0.15) is 6.26 Å². The van der Waals surface area contributed by atoms with Crippen LogP contribution >= 0.6 is 0 Å². The molecule has 1 aliphatic rings. The summed E-state index contributed by atoms with van der Waals surface area (Å²) in [5, 5.41) is 12.9. The molecule has 5 nitrogen and oxygen atoms in total. The summed E-state index contributed by atoms with van der Waals surface area (Å²) in [5.74, 6) is 0.696. The number of nitrogens with one attached hydrogen (secondary N) is 1. The summed E-state index contributed by atoms with van der Waals surface area (Å²) >= 11 is 0. The first-order valence-electron chi connectivity index (χ1n) is 8.17. The van der Waals surface area contributed by atoms with Crippen molar-refractivity contribution >= 4 is 5.91 Å². The van der Waals surface area contributed by atoms with Crippen molar-refractivity contribution in [2.75, 3.05) is 6.54 Å². The number of carbonyl (C=O) groups excluding carboxylic acids is 1. The third-order valence-electron chi connectivity index (χ3n) is 4.37. The van der Waals surface area contributed by atoms with E-state index in [1.807, 2.05) is 30.3 Å². The number of aromatic nitrogens is 1. The second-order valence-corrected chi connectivity index (χ2v) is 6.10. The van der Waals surface area contributed by atoms with E-state index in [9.17, 15) is 9.90 Å². The Morgan fingerprint density at radius 1 is 1.30 bits per heavy atom. The van der Waals surface area contributed by atoms with E-state index in [0.29, 0.717) is 24.0 Å². The minimum atomic E-state index is -0.446. The van der Waals surface area contributed by atoms with E-state index in [1.54, 1.807) is 0 Å². The van der Waals surface area contributed by atoms with Crippen LogP contribution < -0.4 is 5.32 Å². The van der Waals surface area contributed by atoms with E-state index in [-0.39, 0.29) is 12.3 Å². The van der Waals surface area contributed by atoms with Crippen LogP contribution in [0.25, 0.3) is 11.5 Å². The van der Waals surface area contributed by atoms with Gasteiger partial charge in [-0.25, -0.2) is 4.98 Å². The van der Waals surface area contributed by atoms with Crippen molar-refractivity contribution in [2.45, 2.75) is 38.2 Å². The van der Waals surface area contributed by atoms with Gasteiger partial charge in [0.15, 0.2) is 0 Å². The maximum Gasteiger partial charge on any atom is 0.226 e.